The maximum absolute atomic E-state index is 6.03. The molecule has 2 aliphatic heterocycles. The topological polar surface area (TPSA) is 73.3 Å². The normalized spacial score (nSPS) is 20.0. The Morgan fingerprint density at radius 3 is 2.57 bits per heavy atom. The minimum Gasteiger partial charge on any atom is -0.381 e. The van der Waals surface area contributed by atoms with E-state index in [1.807, 2.05) is 0 Å². The molecule has 1 aromatic carbocycles. The highest BCUT2D eigenvalue weighted by Crippen LogP contribution is 2.14. The summed E-state index contributed by atoms with van der Waals surface area (Å²) in [6, 6.07) is 8.51. The first kappa shape index (κ1) is 25.3. The summed E-state index contributed by atoms with van der Waals surface area (Å²) in [5.41, 5.74) is 2.41. The van der Waals surface area contributed by atoms with E-state index in [0.717, 1.165) is 77.8 Å². The molecule has 30 heavy (non-hydrogen) atoms. The van der Waals surface area contributed by atoms with Crippen molar-refractivity contribution in [3.8, 4) is 0 Å². The minimum absolute atomic E-state index is 0. The molecule has 3 rings (SSSR count). The standard InChI is InChI=1S/C22H35N3O4.HI/c1-23-22(24-9-3-10-28-21-8-13-27-17-21)25-15-18-4-2-5-19(14-18)16-29-20-6-11-26-12-7-20;/h2,4-5,14,20-21H,3,6-13,15-17H2,1H3,(H2,23,24,25);1H. The number of nitrogens with zero attached hydrogens (tertiary/aromatic N) is 1. The Hall–Kier alpha value is -0.940. The van der Waals surface area contributed by atoms with Gasteiger partial charge in [0.15, 0.2) is 5.96 Å². The van der Waals surface area contributed by atoms with Gasteiger partial charge in [-0.05, 0) is 36.8 Å². The van der Waals surface area contributed by atoms with Crippen LogP contribution in [-0.2, 0) is 32.1 Å². The monoisotopic (exact) mass is 533 g/mol. The van der Waals surface area contributed by atoms with Crippen LogP contribution in [0.2, 0.25) is 0 Å². The summed E-state index contributed by atoms with van der Waals surface area (Å²) >= 11 is 0. The van der Waals surface area contributed by atoms with E-state index in [2.05, 4.69) is 39.9 Å². The van der Waals surface area contributed by atoms with Crippen molar-refractivity contribution in [1.82, 2.24) is 10.6 Å². The number of hydrogen-bond acceptors (Lipinski definition) is 5. The highest BCUT2D eigenvalue weighted by Gasteiger charge is 2.15. The highest BCUT2D eigenvalue weighted by atomic mass is 127. The van der Waals surface area contributed by atoms with Crippen LogP contribution in [-0.4, -0.2) is 64.8 Å². The third kappa shape index (κ3) is 9.47. The predicted octanol–water partition coefficient (Wildman–Crippen LogP) is 2.86. The molecule has 1 aromatic rings. The lowest BCUT2D eigenvalue weighted by Crippen LogP contribution is -2.37. The first-order valence-corrected chi connectivity index (χ1v) is 10.7. The highest BCUT2D eigenvalue weighted by molar-refractivity contribution is 14.0. The fraction of sp³-hybridized carbons (Fsp3) is 0.682. The van der Waals surface area contributed by atoms with Gasteiger partial charge in [-0.2, -0.15) is 0 Å². The number of guanidine groups is 1. The van der Waals surface area contributed by atoms with Gasteiger partial charge in [-0.3, -0.25) is 4.99 Å². The number of nitrogens with one attached hydrogen (secondary N) is 2. The molecule has 1 atom stereocenters. The molecule has 0 aromatic heterocycles. The number of benzene rings is 1. The minimum atomic E-state index is 0. The molecule has 7 nitrogen and oxygen atoms in total. The lowest BCUT2D eigenvalue weighted by molar-refractivity contribution is -0.0390. The van der Waals surface area contributed by atoms with Gasteiger partial charge in [-0.25, -0.2) is 0 Å². The second kappa shape index (κ2) is 15.0. The van der Waals surface area contributed by atoms with E-state index in [9.17, 15) is 0 Å². The number of ether oxygens (including phenoxy) is 4. The predicted molar refractivity (Wildman–Crippen MR) is 128 cm³/mol. The van der Waals surface area contributed by atoms with Gasteiger partial charge in [-0.15, -0.1) is 24.0 Å². The van der Waals surface area contributed by atoms with E-state index in [-0.39, 0.29) is 30.1 Å². The molecule has 0 radical (unpaired) electrons. The number of hydrogen-bond donors (Lipinski definition) is 2. The molecular weight excluding hydrogens is 497 g/mol. The lowest BCUT2D eigenvalue weighted by atomic mass is 10.1. The summed E-state index contributed by atoms with van der Waals surface area (Å²) in [4.78, 5) is 4.30. The van der Waals surface area contributed by atoms with Crippen LogP contribution in [0.4, 0.5) is 0 Å². The average Bonchev–Trinajstić information content (AvgIpc) is 3.29. The van der Waals surface area contributed by atoms with Gasteiger partial charge in [0.25, 0.3) is 0 Å². The molecule has 0 amide bonds. The van der Waals surface area contributed by atoms with Gasteiger partial charge < -0.3 is 29.6 Å². The molecular formula is C22H36IN3O4. The van der Waals surface area contributed by atoms with E-state index < -0.39 is 0 Å². The molecule has 0 spiro atoms. The number of rotatable bonds is 10. The van der Waals surface area contributed by atoms with Crippen molar-refractivity contribution < 1.29 is 18.9 Å². The van der Waals surface area contributed by atoms with E-state index in [1.54, 1.807) is 7.05 Å². The van der Waals surface area contributed by atoms with Crippen LogP contribution in [0.15, 0.2) is 29.3 Å². The van der Waals surface area contributed by atoms with Crippen molar-refractivity contribution in [3.05, 3.63) is 35.4 Å². The average molecular weight is 533 g/mol. The molecule has 2 N–H and O–H groups in total. The second-order valence-electron chi connectivity index (χ2n) is 7.51. The van der Waals surface area contributed by atoms with Crippen molar-refractivity contribution in [2.24, 2.45) is 4.99 Å². The van der Waals surface area contributed by atoms with Crippen molar-refractivity contribution in [1.29, 1.82) is 0 Å². The quantitative estimate of drug-likeness (QED) is 0.209. The van der Waals surface area contributed by atoms with Crippen LogP contribution < -0.4 is 10.6 Å². The van der Waals surface area contributed by atoms with Crippen LogP contribution >= 0.6 is 24.0 Å². The molecule has 170 valence electrons. The number of halogens is 1. The van der Waals surface area contributed by atoms with Gasteiger partial charge in [0, 0.05) is 46.6 Å². The van der Waals surface area contributed by atoms with Gasteiger partial charge in [0.2, 0.25) is 0 Å². The maximum Gasteiger partial charge on any atom is 0.191 e. The third-order valence-electron chi connectivity index (χ3n) is 5.18. The molecule has 0 bridgehead atoms. The van der Waals surface area contributed by atoms with E-state index in [1.165, 1.54) is 11.1 Å². The van der Waals surface area contributed by atoms with Crippen molar-refractivity contribution in [3.63, 3.8) is 0 Å². The Morgan fingerprint density at radius 1 is 1.03 bits per heavy atom. The summed E-state index contributed by atoms with van der Waals surface area (Å²) in [6.07, 6.45) is 4.52. The molecule has 1 unspecified atom stereocenters. The summed E-state index contributed by atoms with van der Waals surface area (Å²) in [6.45, 7) is 6.11. The van der Waals surface area contributed by atoms with Crippen LogP contribution in [0.1, 0.15) is 36.8 Å². The fourth-order valence-electron chi connectivity index (χ4n) is 3.47. The Bertz CT molecular complexity index is 620. The van der Waals surface area contributed by atoms with Gasteiger partial charge in [0.1, 0.15) is 0 Å². The molecule has 0 aliphatic carbocycles. The van der Waals surface area contributed by atoms with Crippen LogP contribution in [0.25, 0.3) is 0 Å². The summed E-state index contributed by atoms with van der Waals surface area (Å²) in [7, 11) is 1.79. The zero-order chi connectivity index (χ0) is 20.2. The first-order chi connectivity index (χ1) is 14.3. The zero-order valence-corrected chi connectivity index (χ0v) is 20.3. The van der Waals surface area contributed by atoms with Crippen molar-refractivity contribution >= 4 is 29.9 Å². The molecule has 2 fully saturated rings. The van der Waals surface area contributed by atoms with Crippen molar-refractivity contribution in [2.75, 3.05) is 46.6 Å². The molecule has 2 aliphatic rings. The largest absolute Gasteiger partial charge is 0.381 e. The Balaban J connectivity index is 0.00000320. The Kier molecular flexibility index (Phi) is 12.6. The zero-order valence-electron chi connectivity index (χ0n) is 17.9. The Labute approximate surface area is 197 Å². The van der Waals surface area contributed by atoms with Gasteiger partial charge in [-0.1, -0.05) is 24.3 Å². The van der Waals surface area contributed by atoms with E-state index in [4.69, 9.17) is 18.9 Å². The van der Waals surface area contributed by atoms with Crippen LogP contribution in [0.3, 0.4) is 0 Å². The summed E-state index contributed by atoms with van der Waals surface area (Å²) < 4.78 is 22.5. The summed E-state index contributed by atoms with van der Waals surface area (Å²) in [5, 5.41) is 6.71. The molecule has 2 saturated heterocycles. The first-order valence-electron chi connectivity index (χ1n) is 10.7. The Morgan fingerprint density at radius 2 is 1.80 bits per heavy atom. The lowest BCUT2D eigenvalue weighted by Gasteiger charge is -2.22. The molecule has 2 heterocycles. The third-order valence-corrected chi connectivity index (χ3v) is 5.18. The van der Waals surface area contributed by atoms with Crippen LogP contribution in [0, 0.1) is 0 Å². The maximum atomic E-state index is 6.03. The second-order valence-corrected chi connectivity index (χ2v) is 7.51. The van der Waals surface area contributed by atoms with E-state index >= 15 is 0 Å². The molecule has 8 heteroatoms. The van der Waals surface area contributed by atoms with Crippen molar-refractivity contribution in [2.45, 2.75) is 51.0 Å². The van der Waals surface area contributed by atoms with Gasteiger partial charge in [0.05, 0.1) is 25.4 Å². The SMILES string of the molecule is CN=C(NCCCOC1CCOC1)NCc1cccc(COC2CCOCC2)c1.I. The smallest absolute Gasteiger partial charge is 0.191 e. The van der Waals surface area contributed by atoms with E-state index in [0.29, 0.717) is 12.7 Å². The van der Waals surface area contributed by atoms with Crippen LogP contribution in [0.5, 0.6) is 0 Å². The fourth-order valence-corrected chi connectivity index (χ4v) is 3.47. The summed E-state index contributed by atoms with van der Waals surface area (Å²) in [5.74, 6) is 0.804. The van der Waals surface area contributed by atoms with Gasteiger partial charge >= 0.3 is 0 Å². The molecule has 0 saturated carbocycles. The number of aliphatic imine (C=N–C) groups is 1.